The SMILES string of the molecule is NC(=O)n1cccc(-c2cc3c(CN4CCCCC4)cccc3[nH]2)c1=O. The van der Waals surface area contributed by atoms with Gasteiger partial charge in [0, 0.05) is 23.6 Å². The predicted octanol–water partition coefficient (Wildman–Crippen LogP) is 2.91. The quantitative estimate of drug-likeness (QED) is 0.762. The molecule has 0 unspecified atom stereocenters. The fraction of sp³-hybridized carbons (Fsp3) is 0.300. The van der Waals surface area contributed by atoms with Crippen molar-refractivity contribution in [2.75, 3.05) is 13.1 Å². The predicted molar refractivity (Wildman–Crippen MR) is 102 cm³/mol. The second-order valence-electron chi connectivity index (χ2n) is 6.83. The fourth-order valence-corrected chi connectivity index (χ4v) is 3.73. The molecule has 3 heterocycles. The Bertz CT molecular complexity index is 1010. The van der Waals surface area contributed by atoms with Crippen molar-refractivity contribution in [1.29, 1.82) is 0 Å². The largest absolute Gasteiger partial charge is 0.354 e. The number of hydrogen-bond acceptors (Lipinski definition) is 3. The van der Waals surface area contributed by atoms with Crippen LogP contribution in [0.5, 0.6) is 0 Å². The van der Waals surface area contributed by atoms with Crippen molar-refractivity contribution in [3.63, 3.8) is 0 Å². The molecule has 0 radical (unpaired) electrons. The molecule has 0 spiro atoms. The molecule has 26 heavy (non-hydrogen) atoms. The number of aromatic amines is 1. The van der Waals surface area contributed by atoms with Gasteiger partial charge < -0.3 is 10.7 Å². The van der Waals surface area contributed by atoms with Crippen molar-refractivity contribution < 1.29 is 4.79 Å². The summed E-state index contributed by atoms with van der Waals surface area (Å²) in [5.74, 6) is 0. The Kier molecular flexibility index (Phi) is 4.34. The molecule has 3 N–H and O–H groups in total. The third-order valence-corrected chi connectivity index (χ3v) is 5.07. The first-order chi connectivity index (χ1) is 12.6. The van der Waals surface area contributed by atoms with Crippen molar-refractivity contribution in [2.24, 2.45) is 5.73 Å². The van der Waals surface area contributed by atoms with E-state index in [0.717, 1.165) is 35.1 Å². The van der Waals surface area contributed by atoms with Gasteiger partial charge in [-0.2, -0.15) is 0 Å². The van der Waals surface area contributed by atoms with Crippen molar-refractivity contribution in [3.8, 4) is 11.3 Å². The molecule has 1 aliphatic rings. The van der Waals surface area contributed by atoms with Crippen molar-refractivity contribution in [1.82, 2.24) is 14.5 Å². The highest BCUT2D eigenvalue weighted by Crippen LogP contribution is 2.26. The first-order valence-electron chi connectivity index (χ1n) is 8.98. The van der Waals surface area contributed by atoms with Crippen LogP contribution in [0.2, 0.25) is 0 Å². The number of H-pyrrole nitrogens is 1. The number of primary amides is 1. The number of carbonyl (C=O) groups is 1. The summed E-state index contributed by atoms with van der Waals surface area (Å²) >= 11 is 0. The van der Waals surface area contributed by atoms with Crippen molar-refractivity contribution in [2.45, 2.75) is 25.8 Å². The van der Waals surface area contributed by atoms with Gasteiger partial charge >= 0.3 is 6.03 Å². The number of nitrogens with two attached hydrogens (primary N) is 1. The Morgan fingerprint density at radius 3 is 2.69 bits per heavy atom. The molecule has 0 aliphatic carbocycles. The number of benzene rings is 1. The number of pyridine rings is 1. The Morgan fingerprint density at radius 2 is 1.92 bits per heavy atom. The molecule has 1 fully saturated rings. The third-order valence-electron chi connectivity index (χ3n) is 5.07. The topological polar surface area (TPSA) is 84.1 Å². The van der Waals surface area contributed by atoms with E-state index in [1.807, 2.05) is 18.2 Å². The first kappa shape index (κ1) is 16.6. The standard InChI is InChI=1S/C20H22N4O2/c21-20(26)24-11-5-7-15(19(24)25)18-12-16-14(6-4-8-17(16)22-18)13-23-9-2-1-3-10-23/h4-8,11-12,22H,1-3,9-10,13H2,(H2,21,26). The zero-order valence-electron chi connectivity index (χ0n) is 14.6. The lowest BCUT2D eigenvalue weighted by molar-refractivity contribution is 0.221. The van der Waals surface area contributed by atoms with Crippen LogP contribution in [0.3, 0.4) is 0 Å². The molecule has 6 nitrogen and oxygen atoms in total. The first-order valence-corrected chi connectivity index (χ1v) is 8.98. The summed E-state index contributed by atoms with van der Waals surface area (Å²) in [7, 11) is 0. The third kappa shape index (κ3) is 3.04. The smallest absolute Gasteiger partial charge is 0.325 e. The van der Waals surface area contributed by atoms with E-state index >= 15 is 0 Å². The van der Waals surface area contributed by atoms with Crippen LogP contribution >= 0.6 is 0 Å². The van der Waals surface area contributed by atoms with E-state index < -0.39 is 11.6 Å². The second-order valence-corrected chi connectivity index (χ2v) is 6.83. The Balaban J connectivity index is 1.74. The molecule has 6 heteroatoms. The number of nitrogens with zero attached hydrogens (tertiary/aromatic N) is 2. The number of nitrogens with one attached hydrogen (secondary N) is 1. The summed E-state index contributed by atoms with van der Waals surface area (Å²) in [6.45, 7) is 3.18. The van der Waals surface area contributed by atoms with E-state index in [2.05, 4.69) is 16.0 Å². The highest BCUT2D eigenvalue weighted by Gasteiger charge is 2.15. The van der Waals surface area contributed by atoms with Crippen LogP contribution in [-0.4, -0.2) is 33.6 Å². The minimum absolute atomic E-state index is 0.413. The van der Waals surface area contributed by atoms with Crippen LogP contribution in [0.15, 0.2) is 47.4 Å². The monoisotopic (exact) mass is 350 g/mol. The van der Waals surface area contributed by atoms with Gasteiger partial charge in [0.25, 0.3) is 5.56 Å². The fourth-order valence-electron chi connectivity index (χ4n) is 3.73. The molecular weight excluding hydrogens is 328 g/mol. The molecule has 2 aromatic heterocycles. The maximum atomic E-state index is 12.5. The number of amides is 1. The summed E-state index contributed by atoms with van der Waals surface area (Å²) in [5, 5.41) is 1.11. The molecule has 134 valence electrons. The zero-order valence-corrected chi connectivity index (χ0v) is 14.6. The minimum atomic E-state index is -0.779. The van der Waals surface area contributed by atoms with Gasteiger partial charge in [0.2, 0.25) is 0 Å². The maximum Gasteiger partial charge on any atom is 0.325 e. The molecule has 1 saturated heterocycles. The Labute approximate surface area is 151 Å². The highest BCUT2D eigenvalue weighted by molar-refractivity contribution is 5.88. The molecule has 1 aromatic carbocycles. The average Bonchev–Trinajstić information content (AvgIpc) is 3.07. The van der Waals surface area contributed by atoms with Gasteiger partial charge in [0.1, 0.15) is 0 Å². The van der Waals surface area contributed by atoms with Crippen LogP contribution in [0.25, 0.3) is 22.2 Å². The summed E-state index contributed by atoms with van der Waals surface area (Å²) < 4.78 is 0.926. The number of piperidine rings is 1. The van der Waals surface area contributed by atoms with Gasteiger partial charge in [-0.1, -0.05) is 18.6 Å². The van der Waals surface area contributed by atoms with E-state index in [0.29, 0.717) is 11.3 Å². The molecule has 1 amide bonds. The van der Waals surface area contributed by atoms with Crippen LogP contribution in [0, 0.1) is 0 Å². The van der Waals surface area contributed by atoms with Crippen LogP contribution in [0.4, 0.5) is 4.79 Å². The number of hydrogen-bond donors (Lipinski definition) is 2. The zero-order chi connectivity index (χ0) is 18.1. The summed E-state index contributed by atoms with van der Waals surface area (Å²) in [6.07, 6.45) is 5.21. The van der Waals surface area contributed by atoms with Gasteiger partial charge in [0.15, 0.2) is 0 Å². The number of rotatable bonds is 3. The van der Waals surface area contributed by atoms with Gasteiger partial charge in [0.05, 0.1) is 11.3 Å². The molecule has 1 aliphatic heterocycles. The lowest BCUT2D eigenvalue weighted by Crippen LogP contribution is -2.31. The molecule has 4 rings (SSSR count). The maximum absolute atomic E-state index is 12.5. The molecular formula is C20H22N4O2. The van der Waals surface area contributed by atoms with Crippen molar-refractivity contribution in [3.05, 3.63) is 58.5 Å². The number of carbonyl (C=O) groups excluding carboxylic acids is 1. The molecule has 0 bridgehead atoms. The highest BCUT2D eigenvalue weighted by atomic mass is 16.2. The normalized spacial score (nSPS) is 15.4. The van der Waals surface area contributed by atoms with E-state index in [1.165, 1.54) is 31.0 Å². The van der Waals surface area contributed by atoms with Crippen molar-refractivity contribution >= 4 is 16.9 Å². The molecule has 0 atom stereocenters. The van der Waals surface area contributed by atoms with Crippen LogP contribution in [0.1, 0.15) is 24.8 Å². The lowest BCUT2D eigenvalue weighted by atomic mass is 10.1. The van der Waals surface area contributed by atoms with E-state index in [-0.39, 0.29) is 0 Å². The number of fused-ring (bicyclic) bond motifs is 1. The summed E-state index contributed by atoms with van der Waals surface area (Å²) in [4.78, 5) is 29.7. The van der Waals surface area contributed by atoms with E-state index in [1.54, 1.807) is 12.1 Å². The summed E-state index contributed by atoms with van der Waals surface area (Å²) in [6, 6.07) is 10.8. The lowest BCUT2D eigenvalue weighted by Gasteiger charge is -2.26. The second kappa shape index (κ2) is 6.80. The average molecular weight is 350 g/mol. The molecule has 3 aromatic rings. The Hall–Kier alpha value is -2.86. The Morgan fingerprint density at radius 1 is 1.12 bits per heavy atom. The van der Waals surface area contributed by atoms with Gasteiger partial charge in [-0.25, -0.2) is 9.36 Å². The van der Waals surface area contributed by atoms with Crippen LogP contribution < -0.4 is 11.3 Å². The van der Waals surface area contributed by atoms with E-state index in [4.69, 9.17) is 5.73 Å². The number of aromatic nitrogens is 2. The van der Waals surface area contributed by atoms with Gasteiger partial charge in [-0.15, -0.1) is 0 Å². The van der Waals surface area contributed by atoms with Gasteiger partial charge in [-0.05, 0) is 55.8 Å². The molecule has 0 saturated carbocycles. The van der Waals surface area contributed by atoms with Crippen LogP contribution in [-0.2, 0) is 6.54 Å². The summed E-state index contributed by atoms with van der Waals surface area (Å²) in [5.41, 5.74) is 8.23. The minimum Gasteiger partial charge on any atom is -0.354 e. The van der Waals surface area contributed by atoms with E-state index in [9.17, 15) is 9.59 Å². The van der Waals surface area contributed by atoms with Gasteiger partial charge in [-0.3, -0.25) is 9.69 Å². The number of likely N-dealkylation sites (tertiary alicyclic amines) is 1.